The number of likely N-dealkylation sites (tertiary alicyclic amines) is 1. The summed E-state index contributed by atoms with van der Waals surface area (Å²) < 4.78 is 11.6. The van der Waals surface area contributed by atoms with E-state index in [1.165, 1.54) is 0 Å². The van der Waals surface area contributed by atoms with Crippen LogP contribution in [0.5, 0.6) is 0 Å². The minimum Gasteiger partial charge on any atom is -0.381 e. The van der Waals surface area contributed by atoms with Gasteiger partial charge in [0, 0.05) is 38.6 Å². The molecule has 2 aromatic rings. The molecule has 0 radical (unpaired) electrons. The average molecular weight is 329 g/mol. The zero-order valence-electron chi connectivity index (χ0n) is 14.0. The molecule has 128 valence electrons. The second-order valence-corrected chi connectivity index (χ2v) is 6.79. The van der Waals surface area contributed by atoms with Gasteiger partial charge in [-0.2, -0.15) is 5.10 Å². The van der Waals surface area contributed by atoms with Crippen LogP contribution in [0.3, 0.4) is 0 Å². The summed E-state index contributed by atoms with van der Waals surface area (Å²) in [4.78, 5) is 14.7. The highest BCUT2D eigenvalue weighted by atomic mass is 16.5. The molecule has 0 aliphatic carbocycles. The molecule has 24 heavy (non-hydrogen) atoms. The Hall–Kier alpha value is -1.92. The molecule has 1 amide bonds. The number of para-hydroxylation sites is 1. The van der Waals surface area contributed by atoms with Gasteiger partial charge < -0.3 is 14.4 Å². The van der Waals surface area contributed by atoms with Crippen molar-refractivity contribution >= 4 is 16.8 Å². The van der Waals surface area contributed by atoms with Crippen molar-refractivity contribution in [3.8, 4) is 0 Å². The average Bonchev–Trinajstić information content (AvgIpc) is 3.06. The topological polar surface area (TPSA) is 67.5 Å². The standard InChI is InChI=1S/C18H23N3O3/c1-23-13-6-11-24-18(12-13)7-9-21(10-8-18)17(22)16-14-4-2-3-5-15(14)19-20-16/h2-5,13H,6-12H2,1H3,(H,19,20). The highest BCUT2D eigenvalue weighted by Gasteiger charge is 2.41. The van der Waals surface area contributed by atoms with E-state index >= 15 is 0 Å². The second-order valence-electron chi connectivity index (χ2n) is 6.79. The Morgan fingerprint density at radius 2 is 2.17 bits per heavy atom. The number of nitrogens with zero attached hydrogens (tertiary/aromatic N) is 2. The highest BCUT2D eigenvalue weighted by molar-refractivity contribution is 6.04. The van der Waals surface area contributed by atoms with Crippen molar-refractivity contribution in [3.05, 3.63) is 30.0 Å². The molecule has 6 nitrogen and oxygen atoms in total. The number of aromatic nitrogens is 2. The molecule has 1 spiro atoms. The van der Waals surface area contributed by atoms with E-state index < -0.39 is 0 Å². The van der Waals surface area contributed by atoms with Crippen LogP contribution in [0.25, 0.3) is 10.9 Å². The lowest BCUT2D eigenvalue weighted by molar-refractivity contribution is -0.146. The predicted molar refractivity (Wildman–Crippen MR) is 89.9 cm³/mol. The van der Waals surface area contributed by atoms with Crippen LogP contribution in [-0.4, -0.2) is 59.5 Å². The van der Waals surface area contributed by atoms with Gasteiger partial charge in [0.25, 0.3) is 5.91 Å². The molecule has 0 bridgehead atoms. The summed E-state index contributed by atoms with van der Waals surface area (Å²) in [6.45, 7) is 2.16. The third-order valence-electron chi connectivity index (χ3n) is 5.42. The fourth-order valence-electron chi connectivity index (χ4n) is 3.93. The van der Waals surface area contributed by atoms with Gasteiger partial charge in [0.1, 0.15) is 0 Å². The number of carbonyl (C=O) groups is 1. The number of amides is 1. The summed E-state index contributed by atoms with van der Waals surface area (Å²) in [5.74, 6) is 0.00130. The molecule has 0 saturated carbocycles. The van der Waals surface area contributed by atoms with Gasteiger partial charge in [-0.05, 0) is 25.3 Å². The number of H-pyrrole nitrogens is 1. The number of hydrogen-bond acceptors (Lipinski definition) is 4. The third kappa shape index (κ3) is 2.70. The first-order valence-corrected chi connectivity index (χ1v) is 8.60. The zero-order chi connectivity index (χ0) is 16.6. The SMILES string of the molecule is COC1CCOC2(CCN(C(=O)c3n[nH]c4ccccc34)CC2)C1. The quantitative estimate of drug-likeness (QED) is 0.918. The lowest BCUT2D eigenvalue weighted by atomic mass is 9.83. The van der Waals surface area contributed by atoms with E-state index in [-0.39, 0.29) is 17.6 Å². The van der Waals surface area contributed by atoms with Gasteiger partial charge in [0.2, 0.25) is 0 Å². The van der Waals surface area contributed by atoms with Gasteiger partial charge >= 0.3 is 0 Å². The predicted octanol–water partition coefficient (Wildman–Crippen LogP) is 2.36. The number of methoxy groups -OCH3 is 1. The molecule has 1 unspecified atom stereocenters. The van der Waals surface area contributed by atoms with Crippen molar-refractivity contribution in [2.24, 2.45) is 0 Å². The van der Waals surface area contributed by atoms with Gasteiger partial charge in [0.15, 0.2) is 5.69 Å². The van der Waals surface area contributed by atoms with Crippen molar-refractivity contribution in [3.63, 3.8) is 0 Å². The van der Waals surface area contributed by atoms with Crippen molar-refractivity contribution < 1.29 is 14.3 Å². The van der Waals surface area contributed by atoms with E-state index in [9.17, 15) is 4.79 Å². The number of hydrogen-bond donors (Lipinski definition) is 1. The maximum Gasteiger partial charge on any atom is 0.274 e. The summed E-state index contributed by atoms with van der Waals surface area (Å²) >= 11 is 0. The van der Waals surface area contributed by atoms with E-state index in [0.29, 0.717) is 18.8 Å². The summed E-state index contributed by atoms with van der Waals surface area (Å²) in [5, 5.41) is 8.06. The fourth-order valence-corrected chi connectivity index (χ4v) is 3.93. The zero-order valence-corrected chi connectivity index (χ0v) is 14.0. The molecule has 2 aliphatic heterocycles. The number of rotatable bonds is 2. The van der Waals surface area contributed by atoms with Gasteiger partial charge in [-0.15, -0.1) is 0 Å². The van der Waals surface area contributed by atoms with Crippen LogP contribution >= 0.6 is 0 Å². The Morgan fingerprint density at radius 1 is 1.38 bits per heavy atom. The summed E-state index contributed by atoms with van der Waals surface area (Å²) in [7, 11) is 1.77. The lowest BCUT2D eigenvalue weighted by Crippen LogP contribution is -2.52. The molecular formula is C18H23N3O3. The fraction of sp³-hybridized carbons (Fsp3) is 0.556. The minimum atomic E-state index is -0.122. The Balaban J connectivity index is 1.47. The molecule has 4 rings (SSSR count). The molecule has 1 aromatic carbocycles. The van der Waals surface area contributed by atoms with Crippen LogP contribution in [-0.2, 0) is 9.47 Å². The monoisotopic (exact) mass is 329 g/mol. The summed E-state index contributed by atoms with van der Waals surface area (Å²) in [5.41, 5.74) is 1.29. The van der Waals surface area contributed by atoms with Crippen molar-refractivity contribution in [2.45, 2.75) is 37.4 Å². The smallest absolute Gasteiger partial charge is 0.274 e. The van der Waals surface area contributed by atoms with Gasteiger partial charge in [-0.1, -0.05) is 18.2 Å². The van der Waals surface area contributed by atoms with Crippen molar-refractivity contribution in [2.75, 3.05) is 26.8 Å². The molecule has 2 aliphatic rings. The highest BCUT2D eigenvalue weighted by Crippen LogP contribution is 2.36. The number of carbonyl (C=O) groups excluding carboxylic acids is 1. The van der Waals surface area contributed by atoms with Crippen LogP contribution in [0.2, 0.25) is 0 Å². The van der Waals surface area contributed by atoms with Crippen LogP contribution in [0.1, 0.15) is 36.2 Å². The van der Waals surface area contributed by atoms with Gasteiger partial charge in [-0.25, -0.2) is 0 Å². The maximum absolute atomic E-state index is 12.8. The Labute approximate surface area is 141 Å². The Bertz CT molecular complexity index is 734. The molecular weight excluding hydrogens is 306 g/mol. The van der Waals surface area contributed by atoms with E-state index in [1.54, 1.807) is 7.11 Å². The molecule has 1 atom stereocenters. The lowest BCUT2D eigenvalue weighted by Gasteiger charge is -2.45. The first-order chi connectivity index (χ1) is 11.7. The van der Waals surface area contributed by atoms with Crippen LogP contribution in [0.4, 0.5) is 0 Å². The van der Waals surface area contributed by atoms with Crippen LogP contribution in [0, 0.1) is 0 Å². The number of nitrogens with one attached hydrogen (secondary N) is 1. The molecule has 1 aromatic heterocycles. The normalized spacial score (nSPS) is 23.7. The van der Waals surface area contributed by atoms with Crippen molar-refractivity contribution in [1.82, 2.24) is 15.1 Å². The van der Waals surface area contributed by atoms with Crippen LogP contribution < -0.4 is 0 Å². The first-order valence-electron chi connectivity index (χ1n) is 8.60. The van der Waals surface area contributed by atoms with Gasteiger partial charge in [-0.3, -0.25) is 9.89 Å². The molecule has 3 heterocycles. The largest absolute Gasteiger partial charge is 0.381 e. The van der Waals surface area contributed by atoms with Crippen LogP contribution in [0.15, 0.2) is 24.3 Å². The van der Waals surface area contributed by atoms with E-state index in [0.717, 1.165) is 43.2 Å². The molecule has 2 saturated heterocycles. The molecule has 1 N–H and O–H groups in total. The molecule has 2 fully saturated rings. The maximum atomic E-state index is 12.8. The number of benzene rings is 1. The summed E-state index contributed by atoms with van der Waals surface area (Å²) in [6.07, 6.45) is 3.88. The first kappa shape index (κ1) is 15.6. The number of piperidine rings is 1. The Morgan fingerprint density at radius 3 is 2.96 bits per heavy atom. The Kier molecular flexibility index (Phi) is 4.02. The summed E-state index contributed by atoms with van der Waals surface area (Å²) in [6, 6.07) is 7.74. The van der Waals surface area contributed by atoms with Gasteiger partial charge in [0.05, 0.1) is 17.2 Å². The van der Waals surface area contributed by atoms with E-state index in [2.05, 4.69) is 10.2 Å². The van der Waals surface area contributed by atoms with E-state index in [1.807, 2.05) is 29.2 Å². The third-order valence-corrected chi connectivity index (χ3v) is 5.42. The minimum absolute atomic E-state index is 0.00130. The number of ether oxygens (including phenoxy) is 2. The van der Waals surface area contributed by atoms with Crippen molar-refractivity contribution in [1.29, 1.82) is 0 Å². The number of fused-ring (bicyclic) bond motifs is 1. The molecule has 6 heteroatoms. The second kappa shape index (κ2) is 6.18. The number of aromatic amines is 1. The van der Waals surface area contributed by atoms with E-state index in [4.69, 9.17) is 9.47 Å².